The number of likely N-dealkylation sites (tertiary alicyclic amines) is 1. The Labute approximate surface area is 155 Å². The molecule has 1 saturated heterocycles. The Balaban J connectivity index is 1.61. The first-order valence-electron chi connectivity index (χ1n) is 9.73. The zero-order valence-electron chi connectivity index (χ0n) is 15.4. The summed E-state index contributed by atoms with van der Waals surface area (Å²) in [5.74, 6) is -0.167. The lowest BCUT2D eigenvalue weighted by Gasteiger charge is -2.48. The fourth-order valence-corrected chi connectivity index (χ4v) is 4.79. The van der Waals surface area contributed by atoms with Crippen molar-refractivity contribution in [2.45, 2.75) is 51.0 Å². The summed E-state index contributed by atoms with van der Waals surface area (Å²) in [6.45, 7) is 4.00. The molecule has 2 nitrogen and oxygen atoms in total. The van der Waals surface area contributed by atoms with E-state index in [1.807, 2.05) is 0 Å². The zero-order chi connectivity index (χ0) is 18.1. The molecule has 2 aromatic rings. The summed E-state index contributed by atoms with van der Waals surface area (Å²) in [6.07, 6.45) is 5.80. The quantitative estimate of drug-likeness (QED) is 0.797. The summed E-state index contributed by atoms with van der Waals surface area (Å²) in [5.41, 5.74) is 3.84. The molecule has 0 saturated carbocycles. The van der Waals surface area contributed by atoms with Crippen LogP contribution in [0.3, 0.4) is 0 Å². The Hall–Kier alpha value is -2.00. The van der Waals surface area contributed by atoms with Crippen molar-refractivity contribution < 1.29 is 9.18 Å². The highest BCUT2D eigenvalue weighted by molar-refractivity contribution is 6.05. The van der Waals surface area contributed by atoms with Crippen LogP contribution < -0.4 is 0 Å². The Morgan fingerprint density at radius 3 is 2.81 bits per heavy atom. The molecule has 4 rings (SSSR count). The second kappa shape index (κ2) is 6.96. The van der Waals surface area contributed by atoms with Crippen LogP contribution in [0.5, 0.6) is 0 Å². The Morgan fingerprint density at radius 2 is 1.96 bits per heavy atom. The van der Waals surface area contributed by atoms with Crippen LogP contribution >= 0.6 is 0 Å². The van der Waals surface area contributed by atoms with Crippen LogP contribution in [0.15, 0.2) is 42.5 Å². The predicted molar refractivity (Wildman–Crippen MR) is 102 cm³/mol. The number of ketones is 1. The van der Waals surface area contributed by atoms with Crippen molar-refractivity contribution in [1.29, 1.82) is 0 Å². The van der Waals surface area contributed by atoms with Gasteiger partial charge in [0, 0.05) is 12.1 Å². The van der Waals surface area contributed by atoms with E-state index < -0.39 is 5.54 Å². The number of carbonyl (C=O) groups excluding carboxylic acids is 1. The maximum atomic E-state index is 13.8. The van der Waals surface area contributed by atoms with Crippen molar-refractivity contribution in [3.05, 3.63) is 70.5 Å². The minimum atomic E-state index is -0.429. The van der Waals surface area contributed by atoms with Crippen LogP contribution in [0.25, 0.3) is 0 Å². The molecule has 26 heavy (non-hydrogen) atoms. The van der Waals surface area contributed by atoms with Crippen LogP contribution in [-0.2, 0) is 12.8 Å². The highest BCUT2D eigenvalue weighted by Crippen LogP contribution is 2.40. The van der Waals surface area contributed by atoms with Gasteiger partial charge in [-0.2, -0.15) is 0 Å². The second-order valence-electron chi connectivity index (χ2n) is 7.78. The van der Waals surface area contributed by atoms with Crippen LogP contribution in [0.1, 0.15) is 52.7 Å². The average molecular weight is 351 g/mol. The van der Waals surface area contributed by atoms with Crippen LogP contribution in [0, 0.1) is 12.7 Å². The molecule has 1 spiro atoms. The van der Waals surface area contributed by atoms with E-state index in [0.717, 1.165) is 57.2 Å². The van der Waals surface area contributed by atoms with E-state index in [-0.39, 0.29) is 11.6 Å². The molecule has 1 atom stereocenters. The van der Waals surface area contributed by atoms with Gasteiger partial charge in [0.25, 0.3) is 0 Å². The third-order valence-electron chi connectivity index (χ3n) is 6.33. The molecular formula is C23H26FNO. The lowest BCUT2D eigenvalue weighted by Crippen LogP contribution is -2.59. The summed E-state index contributed by atoms with van der Waals surface area (Å²) in [7, 11) is 0. The monoisotopic (exact) mass is 351 g/mol. The Morgan fingerprint density at radius 1 is 1.12 bits per heavy atom. The number of carbonyl (C=O) groups is 1. The maximum absolute atomic E-state index is 13.8. The molecule has 0 aromatic heterocycles. The molecule has 2 aliphatic rings. The van der Waals surface area contributed by atoms with Crippen molar-refractivity contribution in [1.82, 2.24) is 4.90 Å². The number of piperidine rings is 1. The summed E-state index contributed by atoms with van der Waals surface area (Å²) >= 11 is 0. The molecule has 1 aliphatic heterocycles. The molecule has 1 heterocycles. The molecule has 2 aromatic carbocycles. The van der Waals surface area contributed by atoms with Gasteiger partial charge in [-0.1, -0.05) is 30.3 Å². The number of benzene rings is 2. The number of hydrogen-bond acceptors (Lipinski definition) is 2. The summed E-state index contributed by atoms with van der Waals surface area (Å²) in [6, 6.07) is 13.2. The largest absolute Gasteiger partial charge is 0.292 e. The van der Waals surface area contributed by atoms with Gasteiger partial charge in [0.2, 0.25) is 0 Å². The first-order valence-corrected chi connectivity index (χ1v) is 9.73. The lowest BCUT2D eigenvalue weighted by molar-refractivity contribution is 0.0297. The first kappa shape index (κ1) is 17.4. The average Bonchev–Trinajstić information content (AvgIpc) is 2.66. The van der Waals surface area contributed by atoms with Gasteiger partial charge in [-0.05, 0) is 80.8 Å². The van der Waals surface area contributed by atoms with Gasteiger partial charge in [0.1, 0.15) is 5.82 Å². The third-order valence-corrected chi connectivity index (χ3v) is 6.33. The normalized spacial score (nSPS) is 23.2. The molecular weight excluding hydrogens is 325 g/mol. The number of nitrogens with zero attached hydrogens (tertiary/aromatic N) is 1. The molecule has 1 unspecified atom stereocenters. The van der Waals surface area contributed by atoms with Crippen LogP contribution in [-0.4, -0.2) is 29.3 Å². The minimum absolute atomic E-state index is 0.141. The van der Waals surface area contributed by atoms with Gasteiger partial charge in [0.05, 0.1) is 5.54 Å². The Kier molecular flexibility index (Phi) is 4.66. The number of halogens is 1. The second-order valence-corrected chi connectivity index (χ2v) is 7.78. The fraction of sp³-hybridized carbons (Fsp3) is 0.435. The number of hydrogen-bond donors (Lipinski definition) is 0. The highest BCUT2D eigenvalue weighted by atomic mass is 19.1. The van der Waals surface area contributed by atoms with Crippen LogP contribution in [0.4, 0.5) is 4.39 Å². The third kappa shape index (κ3) is 2.99. The maximum Gasteiger partial charge on any atom is 0.183 e. The number of aryl methyl sites for hydroxylation is 2. The van der Waals surface area contributed by atoms with Gasteiger partial charge >= 0.3 is 0 Å². The van der Waals surface area contributed by atoms with Gasteiger partial charge in [-0.25, -0.2) is 4.39 Å². The van der Waals surface area contributed by atoms with Gasteiger partial charge in [-0.3, -0.25) is 9.69 Å². The molecule has 1 aliphatic carbocycles. The summed E-state index contributed by atoms with van der Waals surface area (Å²) in [4.78, 5) is 15.8. The van der Waals surface area contributed by atoms with Gasteiger partial charge in [0.15, 0.2) is 5.78 Å². The van der Waals surface area contributed by atoms with Crippen molar-refractivity contribution in [2.24, 2.45) is 0 Å². The SMILES string of the molecule is Cc1ccccc1CCN1CCCCC12CCc1ccc(F)cc1C2=O. The molecule has 1 fully saturated rings. The molecule has 0 N–H and O–H groups in total. The van der Waals surface area contributed by atoms with E-state index in [9.17, 15) is 9.18 Å². The van der Waals surface area contributed by atoms with Crippen LogP contribution in [0.2, 0.25) is 0 Å². The summed E-state index contributed by atoms with van der Waals surface area (Å²) in [5, 5.41) is 0. The standard InChI is InChI=1S/C23H26FNO/c1-17-6-2-3-7-18(17)11-15-25-14-5-4-12-23(25)13-10-19-8-9-20(24)16-21(19)22(23)26/h2-3,6-9,16H,4-5,10-15H2,1H3. The lowest BCUT2D eigenvalue weighted by atomic mass is 9.71. The van der Waals surface area contributed by atoms with E-state index in [2.05, 4.69) is 36.1 Å². The van der Waals surface area contributed by atoms with E-state index in [4.69, 9.17) is 0 Å². The molecule has 0 bridgehead atoms. The number of Topliss-reactive ketones (excluding diaryl/α,β-unsaturated/α-hetero) is 1. The Bertz CT molecular complexity index is 831. The molecule has 0 radical (unpaired) electrons. The van der Waals surface area contributed by atoms with Crippen molar-refractivity contribution in [2.75, 3.05) is 13.1 Å². The minimum Gasteiger partial charge on any atom is -0.292 e. The molecule has 0 amide bonds. The zero-order valence-corrected chi connectivity index (χ0v) is 15.4. The number of rotatable bonds is 3. The van der Waals surface area contributed by atoms with Gasteiger partial charge < -0.3 is 0 Å². The van der Waals surface area contributed by atoms with Crippen molar-refractivity contribution in [3.63, 3.8) is 0 Å². The van der Waals surface area contributed by atoms with E-state index in [1.165, 1.54) is 23.3 Å². The molecule has 3 heteroatoms. The smallest absolute Gasteiger partial charge is 0.183 e. The fourth-order valence-electron chi connectivity index (χ4n) is 4.79. The summed E-state index contributed by atoms with van der Waals surface area (Å²) < 4.78 is 13.8. The van der Waals surface area contributed by atoms with E-state index in [0.29, 0.717) is 5.56 Å². The van der Waals surface area contributed by atoms with Gasteiger partial charge in [-0.15, -0.1) is 0 Å². The molecule has 136 valence electrons. The first-order chi connectivity index (χ1) is 12.6. The highest BCUT2D eigenvalue weighted by Gasteiger charge is 2.47. The van der Waals surface area contributed by atoms with Crippen molar-refractivity contribution in [3.8, 4) is 0 Å². The predicted octanol–water partition coefficient (Wildman–Crippen LogP) is 4.73. The van der Waals surface area contributed by atoms with Crippen molar-refractivity contribution >= 4 is 5.78 Å². The van der Waals surface area contributed by atoms with E-state index >= 15 is 0 Å². The van der Waals surface area contributed by atoms with E-state index in [1.54, 1.807) is 6.07 Å². The topological polar surface area (TPSA) is 20.3 Å². The number of fused-ring (bicyclic) bond motifs is 1.